The van der Waals surface area contributed by atoms with Gasteiger partial charge in [0.1, 0.15) is 11.3 Å². The molecule has 0 radical (unpaired) electrons. The molecule has 0 saturated carbocycles. The van der Waals surface area contributed by atoms with Gasteiger partial charge in [-0.25, -0.2) is 9.48 Å². The second-order valence-corrected chi connectivity index (χ2v) is 8.10. The lowest BCUT2D eigenvalue weighted by Gasteiger charge is -2.30. The number of carboxylic acids is 1. The second-order valence-electron chi connectivity index (χ2n) is 8.10. The van der Waals surface area contributed by atoms with Gasteiger partial charge in [0.05, 0.1) is 19.0 Å². The summed E-state index contributed by atoms with van der Waals surface area (Å²) < 4.78 is 47.1. The molecular weight excluding hydrogens is 463 g/mol. The first-order valence-corrected chi connectivity index (χ1v) is 10.5. The molecule has 1 amide bonds. The minimum absolute atomic E-state index is 0.0434. The maximum absolute atomic E-state index is 13.8. The van der Waals surface area contributed by atoms with E-state index in [9.17, 15) is 27.9 Å². The average molecular weight is 481 g/mol. The van der Waals surface area contributed by atoms with Crippen molar-refractivity contribution < 1.29 is 32.6 Å². The molecule has 1 aliphatic heterocycles. The van der Waals surface area contributed by atoms with E-state index in [1.165, 1.54) is 6.07 Å². The van der Waals surface area contributed by atoms with Crippen LogP contribution in [0, 0.1) is 0 Å². The van der Waals surface area contributed by atoms with Crippen molar-refractivity contribution in [3.63, 3.8) is 0 Å². The third-order valence-corrected chi connectivity index (χ3v) is 6.01. The Morgan fingerprint density at radius 3 is 2.51 bits per heavy atom. The van der Waals surface area contributed by atoms with Gasteiger partial charge in [-0.15, -0.1) is 0 Å². The van der Waals surface area contributed by atoms with Gasteiger partial charge < -0.3 is 14.7 Å². The number of nitrogens with zero attached hydrogens (tertiary/aromatic N) is 3. The molecule has 0 saturated heterocycles. The average Bonchev–Trinajstić information content (AvgIpc) is 3.29. The number of carbonyl (C=O) groups is 2. The van der Waals surface area contributed by atoms with Gasteiger partial charge in [-0.3, -0.25) is 4.79 Å². The van der Waals surface area contributed by atoms with Crippen LogP contribution in [0.3, 0.4) is 0 Å². The Morgan fingerprint density at radius 1 is 1.11 bits per heavy atom. The summed E-state index contributed by atoms with van der Waals surface area (Å²) in [5.74, 6) is -1.28. The number of alkyl halides is 3. The Labute approximate surface area is 197 Å². The molecule has 1 aromatic heterocycles. The van der Waals surface area contributed by atoms with Gasteiger partial charge >= 0.3 is 12.1 Å². The van der Waals surface area contributed by atoms with E-state index < -0.39 is 23.4 Å². The Morgan fingerprint density at radius 2 is 1.86 bits per heavy atom. The molecule has 4 aromatic rings. The van der Waals surface area contributed by atoms with Crippen molar-refractivity contribution >= 4 is 22.6 Å². The van der Waals surface area contributed by atoms with Crippen LogP contribution in [0.1, 0.15) is 37.5 Å². The van der Waals surface area contributed by atoms with Crippen LogP contribution in [0.5, 0.6) is 5.75 Å². The van der Waals surface area contributed by atoms with Crippen LogP contribution < -0.4 is 4.74 Å². The summed E-state index contributed by atoms with van der Waals surface area (Å²) >= 11 is 0. The van der Waals surface area contributed by atoms with Crippen molar-refractivity contribution in [2.24, 2.45) is 0 Å². The van der Waals surface area contributed by atoms with E-state index in [4.69, 9.17) is 4.74 Å². The zero-order valence-corrected chi connectivity index (χ0v) is 18.3. The number of carbonyl (C=O) groups excluding carboxylic acids is 1. The van der Waals surface area contributed by atoms with Crippen molar-refractivity contribution in [3.8, 4) is 11.4 Å². The molecule has 7 nitrogen and oxygen atoms in total. The van der Waals surface area contributed by atoms with E-state index in [1.807, 2.05) is 12.1 Å². The van der Waals surface area contributed by atoms with E-state index in [-0.39, 0.29) is 18.1 Å². The fraction of sp³-hybridized carbons (Fsp3) is 0.160. The molecular formula is C25H18F3N3O4. The minimum atomic E-state index is -4.95. The molecule has 0 spiro atoms. The highest BCUT2D eigenvalue weighted by atomic mass is 19.4. The number of benzene rings is 3. The molecule has 3 aromatic carbocycles. The first-order valence-electron chi connectivity index (χ1n) is 10.5. The van der Waals surface area contributed by atoms with Crippen LogP contribution in [0.2, 0.25) is 0 Å². The topological polar surface area (TPSA) is 84.7 Å². The summed E-state index contributed by atoms with van der Waals surface area (Å²) in [6.45, 7) is 0.615. The van der Waals surface area contributed by atoms with Crippen molar-refractivity contribution in [2.75, 3.05) is 7.11 Å². The molecule has 1 N–H and O–H groups in total. The maximum atomic E-state index is 13.8. The molecule has 0 bridgehead atoms. The number of amides is 1. The van der Waals surface area contributed by atoms with E-state index >= 15 is 0 Å². The van der Waals surface area contributed by atoms with E-state index in [0.717, 1.165) is 11.1 Å². The Hall–Kier alpha value is -4.34. The van der Waals surface area contributed by atoms with E-state index in [2.05, 4.69) is 5.10 Å². The molecule has 0 aliphatic carbocycles. The largest absolute Gasteiger partial charge is 0.497 e. The molecule has 10 heteroatoms. The molecule has 0 fully saturated rings. The standard InChI is InChI=1S/C25H18F3N3O4/c1-35-16-8-5-14(6-9-16)12-30-13-15-7-10-20(17-3-2-4-18(21(15)17)23(30)32)31-22(25(26,27)28)19(11-29-31)24(33)34/h2-11H,12-13H2,1H3,(H,33,34). The summed E-state index contributed by atoms with van der Waals surface area (Å²) in [5, 5.41) is 13.9. The Kier molecular flexibility index (Phi) is 5.23. The molecule has 5 rings (SSSR count). The summed E-state index contributed by atoms with van der Waals surface area (Å²) in [7, 11) is 1.57. The Balaban J connectivity index is 1.60. The highest BCUT2D eigenvalue weighted by molar-refractivity contribution is 6.11. The van der Waals surface area contributed by atoms with Gasteiger partial charge in [0.25, 0.3) is 5.91 Å². The van der Waals surface area contributed by atoms with Crippen molar-refractivity contribution in [1.82, 2.24) is 14.7 Å². The molecule has 0 unspecified atom stereocenters. The summed E-state index contributed by atoms with van der Waals surface area (Å²) in [5.41, 5.74) is -0.251. The van der Waals surface area contributed by atoms with Gasteiger partial charge in [0.15, 0.2) is 5.69 Å². The van der Waals surface area contributed by atoms with Crippen molar-refractivity contribution in [3.05, 3.63) is 88.7 Å². The number of aromatic nitrogens is 2. The SMILES string of the molecule is COc1ccc(CN2Cc3ccc(-n4ncc(C(=O)O)c4C(F)(F)F)c4cccc(c34)C2=O)cc1. The predicted octanol–water partition coefficient (Wildman–Crippen LogP) is 4.91. The zero-order valence-electron chi connectivity index (χ0n) is 18.3. The summed E-state index contributed by atoms with van der Waals surface area (Å²) in [6, 6.07) is 15.3. The first kappa shape index (κ1) is 22.5. The highest BCUT2D eigenvalue weighted by Gasteiger charge is 2.41. The number of hydrogen-bond acceptors (Lipinski definition) is 4. The number of hydrogen-bond donors (Lipinski definition) is 1. The van der Waals surface area contributed by atoms with Gasteiger partial charge in [-0.05, 0) is 35.4 Å². The predicted molar refractivity (Wildman–Crippen MR) is 120 cm³/mol. The third-order valence-electron chi connectivity index (χ3n) is 6.01. The fourth-order valence-corrected chi connectivity index (χ4v) is 4.45. The van der Waals surface area contributed by atoms with Crippen LogP contribution in [-0.2, 0) is 19.3 Å². The van der Waals surface area contributed by atoms with Crippen molar-refractivity contribution in [2.45, 2.75) is 19.3 Å². The molecule has 0 atom stereocenters. The quantitative estimate of drug-likeness (QED) is 0.438. The molecule has 35 heavy (non-hydrogen) atoms. The summed E-state index contributed by atoms with van der Waals surface area (Å²) in [4.78, 5) is 26.4. The third kappa shape index (κ3) is 3.76. The number of carboxylic acid groups (broad SMARTS) is 1. The van der Waals surface area contributed by atoms with Gasteiger partial charge in [-0.1, -0.05) is 30.3 Å². The van der Waals surface area contributed by atoms with E-state index in [0.29, 0.717) is 39.5 Å². The van der Waals surface area contributed by atoms with Crippen LogP contribution in [0.15, 0.2) is 60.8 Å². The summed E-state index contributed by atoms with van der Waals surface area (Å²) in [6.07, 6.45) is -4.27. The van der Waals surface area contributed by atoms with Gasteiger partial charge in [0, 0.05) is 29.4 Å². The van der Waals surface area contributed by atoms with Crippen LogP contribution in [0.25, 0.3) is 16.5 Å². The molecule has 178 valence electrons. The number of aromatic carboxylic acids is 1. The first-order chi connectivity index (χ1) is 16.7. The normalized spacial score (nSPS) is 13.4. The highest BCUT2D eigenvalue weighted by Crippen LogP contribution is 2.38. The lowest BCUT2D eigenvalue weighted by molar-refractivity contribution is -0.143. The van der Waals surface area contributed by atoms with Crippen LogP contribution in [0.4, 0.5) is 13.2 Å². The lowest BCUT2D eigenvalue weighted by Crippen LogP contribution is -2.33. The van der Waals surface area contributed by atoms with Gasteiger partial charge in [-0.2, -0.15) is 18.3 Å². The fourth-order valence-electron chi connectivity index (χ4n) is 4.45. The lowest BCUT2D eigenvalue weighted by atomic mass is 9.93. The maximum Gasteiger partial charge on any atom is 0.434 e. The van der Waals surface area contributed by atoms with Gasteiger partial charge in [0.2, 0.25) is 0 Å². The monoisotopic (exact) mass is 481 g/mol. The number of ether oxygens (including phenoxy) is 1. The number of methoxy groups -OCH3 is 1. The second kappa shape index (κ2) is 8.15. The smallest absolute Gasteiger partial charge is 0.434 e. The van der Waals surface area contributed by atoms with Crippen LogP contribution >= 0.6 is 0 Å². The number of rotatable bonds is 5. The van der Waals surface area contributed by atoms with Crippen LogP contribution in [-0.4, -0.2) is 38.8 Å². The number of halogens is 3. The zero-order chi connectivity index (χ0) is 24.9. The minimum Gasteiger partial charge on any atom is -0.497 e. The molecule has 1 aliphatic rings. The Bertz CT molecular complexity index is 1480. The van der Waals surface area contributed by atoms with E-state index in [1.54, 1.807) is 48.4 Å². The molecule has 2 heterocycles. The van der Waals surface area contributed by atoms with Crippen molar-refractivity contribution in [1.29, 1.82) is 0 Å².